The lowest BCUT2D eigenvalue weighted by Crippen LogP contribution is -2.69. The summed E-state index contributed by atoms with van der Waals surface area (Å²) in [7, 11) is -3.46. The van der Waals surface area contributed by atoms with E-state index in [1.165, 1.54) is 11.3 Å². The van der Waals surface area contributed by atoms with Gasteiger partial charge in [0.25, 0.3) is 10.0 Å². The van der Waals surface area contributed by atoms with Crippen molar-refractivity contribution < 1.29 is 18.3 Å². The first-order valence-electron chi connectivity index (χ1n) is 9.85. The van der Waals surface area contributed by atoms with Crippen molar-refractivity contribution in [2.45, 2.75) is 10.3 Å². The van der Waals surface area contributed by atoms with Crippen molar-refractivity contribution in [3.8, 4) is 5.75 Å². The molecule has 4 heterocycles. The molecule has 0 amide bonds. The van der Waals surface area contributed by atoms with Crippen LogP contribution < -0.4 is 4.90 Å². The van der Waals surface area contributed by atoms with E-state index >= 15 is 0 Å². The van der Waals surface area contributed by atoms with Gasteiger partial charge in [0.1, 0.15) is 9.96 Å². The molecule has 0 unspecified atom stereocenters. The Morgan fingerprint density at radius 2 is 1.90 bits per heavy atom. The predicted molar refractivity (Wildman–Crippen MR) is 112 cm³/mol. The van der Waals surface area contributed by atoms with Crippen LogP contribution in [0.2, 0.25) is 0 Å². The van der Waals surface area contributed by atoms with Crippen molar-refractivity contribution in [3.05, 3.63) is 41.8 Å². The summed E-state index contributed by atoms with van der Waals surface area (Å²) in [6.07, 6.45) is 0. The first kappa shape index (κ1) is 19.3. The molecule has 3 aliphatic rings. The lowest BCUT2D eigenvalue weighted by molar-refractivity contribution is -0.189. The van der Waals surface area contributed by atoms with Crippen LogP contribution in [-0.2, 0) is 14.8 Å². The SMILES string of the molecule is O=S(=O)(c1cccs1)N1CCN(c2ccc(O)cc2)[C@@H](CN2CC3(COC3)C2)C1. The van der Waals surface area contributed by atoms with Crippen molar-refractivity contribution in [2.24, 2.45) is 5.41 Å². The van der Waals surface area contributed by atoms with Gasteiger partial charge in [-0.15, -0.1) is 11.3 Å². The van der Waals surface area contributed by atoms with E-state index in [9.17, 15) is 13.5 Å². The van der Waals surface area contributed by atoms with Crippen molar-refractivity contribution in [3.63, 3.8) is 0 Å². The summed E-state index contributed by atoms with van der Waals surface area (Å²) >= 11 is 1.27. The van der Waals surface area contributed by atoms with Crippen molar-refractivity contribution in [1.82, 2.24) is 9.21 Å². The minimum atomic E-state index is -3.46. The standard InChI is InChI=1S/C20H25N3O4S2/c24-18-5-3-16(4-6-18)23-8-7-22(29(25,26)19-2-1-9-28-19)11-17(23)10-21-12-20(13-21)14-27-15-20/h1-6,9,17,24H,7-8,10-15H2/t17-/m0/s1. The number of nitrogens with zero attached hydrogens (tertiary/aromatic N) is 3. The maximum atomic E-state index is 13.1. The summed E-state index contributed by atoms with van der Waals surface area (Å²) in [5.41, 5.74) is 1.35. The van der Waals surface area contributed by atoms with Gasteiger partial charge in [-0.05, 0) is 35.7 Å². The number of aromatic hydroxyl groups is 1. The number of thiophene rings is 1. The molecule has 1 aromatic heterocycles. The molecule has 0 radical (unpaired) electrons. The molecule has 0 aliphatic carbocycles. The Hall–Kier alpha value is -1.65. The quantitative estimate of drug-likeness (QED) is 0.770. The maximum absolute atomic E-state index is 13.1. The van der Waals surface area contributed by atoms with Crippen LogP contribution in [0.3, 0.4) is 0 Å². The summed E-state index contributed by atoms with van der Waals surface area (Å²) in [5, 5.41) is 11.4. The van der Waals surface area contributed by atoms with E-state index in [2.05, 4.69) is 9.80 Å². The third-order valence-electron chi connectivity index (χ3n) is 6.12. The Kier molecular flexibility index (Phi) is 4.83. The first-order chi connectivity index (χ1) is 14.0. The maximum Gasteiger partial charge on any atom is 0.252 e. The van der Waals surface area contributed by atoms with Crippen LogP contribution in [-0.4, -0.2) is 81.3 Å². The number of benzene rings is 1. The fourth-order valence-corrected chi connectivity index (χ4v) is 7.24. The lowest BCUT2D eigenvalue weighted by atomic mass is 9.78. The lowest BCUT2D eigenvalue weighted by Gasteiger charge is -2.56. The molecular weight excluding hydrogens is 410 g/mol. The van der Waals surface area contributed by atoms with Gasteiger partial charge in [0.2, 0.25) is 0 Å². The van der Waals surface area contributed by atoms with Gasteiger partial charge in [0.15, 0.2) is 0 Å². The molecule has 1 aromatic carbocycles. The molecule has 3 saturated heterocycles. The minimum absolute atomic E-state index is 0.0568. The topological polar surface area (TPSA) is 73.3 Å². The van der Waals surface area contributed by atoms with Crippen LogP contribution in [0.25, 0.3) is 0 Å². The van der Waals surface area contributed by atoms with Gasteiger partial charge in [-0.25, -0.2) is 8.42 Å². The zero-order chi connectivity index (χ0) is 20.1. The molecule has 0 bridgehead atoms. The van der Waals surface area contributed by atoms with E-state index in [-0.39, 0.29) is 11.8 Å². The van der Waals surface area contributed by atoms with Gasteiger partial charge in [0, 0.05) is 50.4 Å². The van der Waals surface area contributed by atoms with Crippen molar-refractivity contribution in [2.75, 3.05) is 57.4 Å². The average molecular weight is 436 g/mol. The van der Waals surface area contributed by atoms with Gasteiger partial charge in [-0.3, -0.25) is 4.90 Å². The molecule has 1 spiro atoms. The number of phenols is 1. The summed E-state index contributed by atoms with van der Waals surface area (Å²) in [4.78, 5) is 4.68. The fraction of sp³-hybridized carbons (Fsp3) is 0.500. The highest BCUT2D eigenvalue weighted by atomic mass is 32.2. The van der Waals surface area contributed by atoms with Gasteiger partial charge in [0.05, 0.1) is 19.3 Å². The van der Waals surface area contributed by atoms with Gasteiger partial charge in [-0.1, -0.05) is 6.07 Å². The van der Waals surface area contributed by atoms with E-state index in [0.29, 0.717) is 29.3 Å². The third-order valence-corrected chi connectivity index (χ3v) is 9.36. The van der Waals surface area contributed by atoms with Crippen LogP contribution in [0.1, 0.15) is 0 Å². The zero-order valence-electron chi connectivity index (χ0n) is 16.1. The Morgan fingerprint density at radius 3 is 2.52 bits per heavy atom. The van der Waals surface area contributed by atoms with Crippen LogP contribution in [0.4, 0.5) is 5.69 Å². The second-order valence-corrected chi connectivity index (χ2v) is 11.4. The number of phenolic OH excluding ortho intramolecular Hbond substituents is 1. The zero-order valence-corrected chi connectivity index (χ0v) is 17.7. The molecule has 5 rings (SSSR count). The summed E-state index contributed by atoms with van der Waals surface area (Å²) in [6, 6.07) is 10.7. The number of likely N-dealkylation sites (tertiary alicyclic amines) is 1. The van der Waals surface area contributed by atoms with Crippen molar-refractivity contribution >= 4 is 27.0 Å². The molecule has 7 nitrogen and oxygen atoms in total. The highest BCUT2D eigenvalue weighted by Gasteiger charge is 2.49. The molecule has 9 heteroatoms. The van der Waals surface area contributed by atoms with E-state index in [0.717, 1.165) is 38.5 Å². The number of rotatable bonds is 5. The van der Waals surface area contributed by atoms with Gasteiger partial charge in [-0.2, -0.15) is 4.31 Å². The van der Waals surface area contributed by atoms with E-state index in [4.69, 9.17) is 4.74 Å². The summed E-state index contributed by atoms with van der Waals surface area (Å²) in [5.74, 6) is 0.235. The second kappa shape index (κ2) is 7.24. The second-order valence-electron chi connectivity index (χ2n) is 8.32. The molecule has 0 saturated carbocycles. The summed E-state index contributed by atoms with van der Waals surface area (Å²) in [6.45, 7) is 6.08. The van der Waals surface area contributed by atoms with E-state index in [1.54, 1.807) is 34.0 Å². The van der Waals surface area contributed by atoms with Crippen LogP contribution in [0.5, 0.6) is 5.75 Å². The largest absolute Gasteiger partial charge is 0.508 e. The van der Waals surface area contributed by atoms with Crippen molar-refractivity contribution in [1.29, 1.82) is 0 Å². The number of sulfonamides is 1. The monoisotopic (exact) mass is 435 g/mol. The number of hydrogen-bond donors (Lipinski definition) is 1. The highest BCUT2D eigenvalue weighted by molar-refractivity contribution is 7.91. The smallest absolute Gasteiger partial charge is 0.252 e. The molecule has 1 N–H and O–H groups in total. The Labute approximate surface area is 175 Å². The van der Waals surface area contributed by atoms with Gasteiger partial charge < -0.3 is 14.7 Å². The first-order valence-corrected chi connectivity index (χ1v) is 12.2. The van der Waals surface area contributed by atoms with E-state index in [1.807, 2.05) is 12.1 Å². The third kappa shape index (κ3) is 3.55. The molecular formula is C20H25N3O4S2. The fourth-order valence-electron chi connectivity index (χ4n) is 4.63. The van der Waals surface area contributed by atoms with E-state index < -0.39 is 10.0 Å². The normalized spacial score (nSPS) is 25.0. The Balaban J connectivity index is 1.35. The van der Waals surface area contributed by atoms with Gasteiger partial charge >= 0.3 is 0 Å². The van der Waals surface area contributed by atoms with Crippen LogP contribution >= 0.6 is 11.3 Å². The molecule has 3 fully saturated rings. The Bertz CT molecular complexity index is 950. The van der Waals surface area contributed by atoms with Crippen LogP contribution in [0.15, 0.2) is 46.0 Å². The molecule has 29 heavy (non-hydrogen) atoms. The number of hydrogen-bond acceptors (Lipinski definition) is 7. The number of piperazine rings is 1. The molecule has 2 aromatic rings. The van der Waals surface area contributed by atoms with Crippen LogP contribution in [0, 0.1) is 5.41 Å². The average Bonchev–Trinajstić information content (AvgIpc) is 3.19. The Morgan fingerprint density at radius 1 is 1.14 bits per heavy atom. The minimum Gasteiger partial charge on any atom is -0.508 e. The molecule has 3 aliphatic heterocycles. The highest BCUT2D eigenvalue weighted by Crippen LogP contribution is 2.38. The summed E-state index contributed by atoms with van der Waals surface area (Å²) < 4.78 is 33.5. The molecule has 156 valence electrons. The number of anilines is 1. The molecule has 1 atom stereocenters. The predicted octanol–water partition coefficient (Wildman–Crippen LogP) is 1.67. The number of ether oxygens (including phenoxy) is 1.